The number of aromatic nitrogens is 12. The molecule has 0 unspecified atom stereocenters. The topological polar surface area (TPSA) is 331 Å². The van der Waals surface area contributed by atoms with Gasteiger partial charge in [0.1, 0.15) is 52.0 Å². The van der Waals surface area contributed by atoms with Crippen molar-refractivity contribution >= 4 is 246 Å². The fourth-order valence-corrected chi connectivity index (χ4v) is 24.1. The number of hydrogen-bond donors (Lipinski definition) is 6. The summed E-state index contributed by atoms with van der Waals surface area (Å²) in [7, 11) is 0. The summed E-state index contributed by atoms with van der Waals surface area (Å²) < 4.78 is 9.03. The van der Waals surface area contributed by atoms with E-state index in [1.165, 1.54) is 120 Å². The standard InChI is InChI=1S/C20H21BrN2O2S.C20H22N2O2S.C19H19BrN2O2S.C18H17BrN2O2S.C18H17ClN2O2S.C17H15BrN2O2S/c1-12(2)13-9-10-16(15-8-6-5-7-14(13)15)23-17(21)11-22-19(23)26-20(3,4)18(24)25;1-5-14-10-11-17(16-9-7-6-8-15(14)16)22-13(2)12-21-19(22)25-20(3,4)18(23)24;1-4-12-9-10-15(14-8-6-5-7-13(12)14)22-16(20)11-21-18(22)25-19(2,3)17(23)24;2*1-11-8-9-14(13-7-5-4-6-12(11)13)21-15(19)10-20-17(21)24-18(2,3)16(22)23;1-17(2,15(21)22)23-16-19-10-14(18)20(16)13-9-5-7-11-6-3-4-8-12(11)13/h5-12H,1-4H3,(H,24,25);6-12H,5H2,1-4H3,(H,23,24);5-11H,4H2,1-3H3,(H,23,24);2*4-10H,1-3H3,(H,22,23);3-10H,1-2H3,(H,21,22). The van der Waals surface area contributed by atoms with Crippen LogP contribution in [0, 0.1) is 20.8 Å². The van der Waals surface area contributed by atoms with Crippen LogP contribution in [0.2, 0.25) is 5.15 Å². The molecule has 12 aromatic carbocycles. The van der Waals surface area contributed by atoms with Gasteiger partial charge in [-0.05, 0) is 283 Å². The van der Waals surface area contributed by atoms with Crippen LogP contribution in [0.3, 0.4) is 0 Å². The molecule has 35 heteroatoms. The van der Waals surface area contributed by atoms with Gasteiger partial charge < -0.3 is 30.6 Å². The molecule has 0 saturated heterocycles. The first-order chi connectivity index (χ1) is 69.4. The number of thioether (sulfide) groups is 6. The molecule has 0 spiro atoms. The minimum absolute atomic E-state index is 0.417. The molecule has 6 heterocycles. The Labute approximate surface area is 917 Å². The molecule has 762 valence electrons. The highest BCUT2D eigenvalue weighted by molar-refractivity contribution is 9.11. The zero-order chi connectivity index (χ0) is 107. The fraction of sp³-hybridized carbons (Fsp3) is 0.250. The van der Waals surface area contributed by atoms with Crippen molar-refractivity contribution in [2.75, 3.05) is 0 Å². The van der Waals surface area contributed by atoms with Crippen molar-refractivity contribution in [3.05, 3.63) is 319 Å². The summed E-state index contributed by atoms with van der Waals surface area (Å²) in [6.07, 6.45) is 12.1. The lowest BCUT2D eigenvalue weighted by Crippen LogP contribution is -2.27. The number of carbonyl (C=O) groups is 6. The molecule has 18 rings (SSSR count). The smallest absolute Gasteiger partial charge is 0.319 e. The quantitative estimate of drug-likeness (QED) is 0.0260. The molecule has 0 fully saturated rings. The number of hydrogen-bond acceptors (Lipinski definition) is 18. The number of carboxylic acid groups (broad SMARTS) is 6. The molecular formula is C112H111Br4ClN12O12S6. The Balaban J connectivity index is 0.000000147. The van der Waals surface area contributed by atoms with E-state index in [0.29, 0.717) is 42.0 Å². The minimum Gasteiger partial charge on any atom is -0.480 e. The van der Waals surface area contributed by atoms with Crippen molar-refractivity contribution in [3.8, 4) is 34.1 Å². The molecule has 24 nitrogen and oxygen atoms in total. The van der Waals surface area contributed by atoms with E-state index in [4.69, 9.17) is 11.6 Å². The van der Waals surface area contributed by atoms with E-state index in [1.54, 1.807) is 125 Å². The van der Waals surface area contributed by atoms with Crippen molar-refractivity contribution in [3.63, 3.8) is 0 Å². The highest BCUT2D eigenvalue weighted by Gasteiger charge is 2.38. The first-order valence-corrected chi connectivity index (χ1v) is 55.1. The maximum absolute atomic E-state index is 11.5. The number of aryl methyl sites for hydroxylation is 5. The number of aliphatic carboxylic acids is 6. The van der Waals surface area contributed by atoms with Crippen LogP contribution in [-0.4, -0.2) is 152 Å². The minimum atomic E-state index is -1.01. The third-order valence-corrected chi connectivity index (χ3v) is 33.7. The van der Waals surface area contributed by atoms with Crippen molar-refractivity contribution in [1.82, 2.24) is 57.3 Å². The van der Waals surface area contributed by atoms with Crippen molar-refractivity contribution in [2.24, 2.45) is 0 Å². The number of fused-ring (bicyclic) bond motifs is 6. The number of rotatable bonds is 27. The Morgan fingerprint density at radius 3 is 0.857 bits per heavy atom. The van der Waals surface area contributed by atoms with Gasteiger partial charge in [-0.3, -0.25) is 56.2 Å². The molecular weight excluding hydrogens is 2250 g/mol. The van der Waals surface area contributed by atoms with E-state index in [0.717, 1.165) is 114 Å². The van der Waals surface area contributed by atoms with Gasteiger partial charge in [-0.25, -0.2) is 29.9 Å². The molecule has 0 saturated carbocycles. The maximum atomic E-state index is 11.5. The fourth-order valence-electron chi connectivity index (χ4n) is 15.8. The Bertz CT molecular complexity index is 7710. The lowest BCUT2D eigenvalue weighted by Gasteiger charge is -2.20. The summed E-state index contributed by atoms with van der Waals surface area (Å²) >= 11 is 27.9. The molecule has 0 bridgehead atoms. The molecule has 18 aromatic rings. The summed E-state index contributed by atoms with van der Waals surface area (Å²) in [6, 6.07) is 76.1. The predicted molar refractivity (Wildman–Crippen MR) is 615 cm³/mol. The molecule has 6 N–H and O–H groups in total. The van der Waals surface area contributed by atoms with Crippen LogP contribution in [0.1, 0.15) is 150 Å². The van der Waals surface area contributed by atoms with E-state index in [1.807, 2.05) is 134 Å². The van der Waals surface area contributed by atoms with Gasteiger partial charge in [0.05, 0.1) is 65.1 Å². The Morgan fingerprint density at radius 2 is 0.524 bits per heavy atom. The molecule has 147 heavy (non-hydrogen) atoms. The molecule has 0 aliphatic rings. The molecule has 6 aromatic heterocycles. The number of carboxylic acids is 6. The second-order valence-corrected chi connectivity index (χ2v) is 50.7. The summed E-state index contributed by atoms with van der Waals surface area (Å²) in [5.74, 6) is -4.80. The third kappa shape index (κ3) is 25.3. The van der Waals surface area contributed by atoms with E-state index in [-0.39, 0.29) is 0 Å². The summed E-state index contributed by atoms with van der Waals surface area (Å²) in [4.78, 5) is 95.3. The van der Waals surface area contributed by atoms with Gasteiger partial charge in [0, 0.05) is 44.2 Å². The number of nitrogens with zero attached hydrogens (tertiary/aromatic N) is 12. The molecule has 0 amide bonds. The van der Waals surface area contributed by atoms with Gasteiger partial charge in [0.2, 0.25) is 0 Å². The first kappa shape index (κ1) is 113. The Hall–Kier alpha value is -11.4. The summed E-state index contributed by atoms with van der Waals surface area (Å²) in [6.45, 7) is 35.0. The SMILES string of the molecule is CC(C)(Sc1ncc(Br)n1-c1cccc2ccccc12)C(=O)O.CC(C)c1ccc(-n2c(Br)cnc2SC(C)(C)C(=O)O)c2ccccc12.CCc1ccc(-n2c(Br)cnc2SC(C)(C)C(=O)O)c2ccccc12.CCc1ccc(-n2c(C)cnc2SC(C)(C)C(=O)O)c2ccccc12.Cc1ccc(-n2c(Br)cnc2SC(C)(C)C(=O)O)c2ccccc12.Cc1ccc(-n2c(Cl)cnc2SC(C)(C)C(=O)O)c2ccccc12. The number of benzene rings is 12. The van der Waals surface area contributed by atoms with E-state index >= 15 is 0 Å². The van der Waals surface area contributed by atoms with Crippen LogP contribution in [0.5, 0.6) is 0 Å². The Kier molecular flexibility index (Phi) is 36.2. The Morgan fingerprint density at radius 1 is 0.286 bits per heavy atom. The van der Waals surface area contributed by atoms with Gasteiger partial charge in [-0.15, -0.1) is 0 Å². The highest BCUT2D eigenvalue weighted by atomic mass is 79.9. The third-order valence-electron chi connectivity index (χ3n) is 24.3. The van der Waals surface area contributed by atoms with E-state index in [2.05, 4.69) is 255 Å². The van der Waals surface area contributed by atoms with Gasteiger partial charge in [0.15, 0.2) is 30.9 Å². The zero-order valence-electron chi connectivity index (χ0n) is 84.2. The lowest BCUT2D eigenvalue weighted by molar-refractivity contribution is -0.139. The molecule has 0 atom stereocenters. The maximum Gasteiger partial charge on any atom is 0.319 e. The van der Waals surface area contributed by atoms with Crippen molar-refractivity contribution in [1.29, 1.82) is 0 Å². The van der Waals surface area contributed by atoms with Crippen LogP contribution in [0.15, 0.2) is 311 Å². The monoisotopic (exact) mass is 2360 g/mol. The largest absolute Gasteiger partial charge is 0.480 e. The number of halogens is 5. The first-order valence-electron chi connectivity index (χ1n) is 46.7. The second-order valence-electron chi connectivity index (χ2n) is 37.6. The average molecular weight is 2360 g/mol. The van der Waals surface area contributed by atoms with Crippen molar-refractivity contribution < 1.29 is 59.4 Å². The normalized spacial score (nSPS) is 11.9. The second kappa shape index (κ2) is 47.2. The van der Waals surface area contributed by atoms with E-state index in [9.17, 15) is 59.4 Å². The van der Waals surface area contributed by atoms with Crippen LogP contribution < -0.4 is 0 Å². The summed E-state index contributed by atoms with van der Waals surface area (Å²) in [5, 5.41) is 74.5. The predicted octanol–water partition coefficient (Wildman–Crippen LogP) is 30.8. The zero-order valence-corrected chi connectivity index (χ0v) is 96.2. The molecule has 0 radical (unpaired) electrons. The molecule has 0 aliphatic heterocycles. The van der Waals surface area contributed by atoms with Crippen LogP contribution in [-0.2, 0) is 41.6 Å². The van der Waals surface area contributed by atoms with Gasteiger partial charge in [0.25, 0.3) is 0 Å². The number of imidazole rings is 6. The van der Waals surface area contributed by atoms with E-state index < -0.39 is 64.3 Å². The van der Waals surface area contributed by atoms with Gasteiger partial charge >= 0.3 is 35.8 Å². The van der Waals surface area contributed by atoms with Crippen molar-refractivity contribution in [2.45, 2.75) is 210 Å². The average Bonchev–Trinajstić information content (AvgIpc) is 1.75. The highest BCUT2D eigenvalue weighted by Crippen LogP contribution is 2.46. The van der Waals surface area contributed by atoms with Crippen LogP contribution >= 0.6 is 146 Å². The van der Waals surface area contributed by atoms with Gasteiger partial charge in [-0.2, -0.15) is 0 Å². The van der Waals surface area contributed by atoms with Gasteiger partial charge in [-0.1, -0.05) is 298 Å². The summed E-state index contributed by atoms with van der Waals surface area (Å²) in [5.41, 5.74) is 13.1. The lowest BCUT2D eigenvalue weighted by atomic mass is 9.95. The van der Waals surface area contributed by atoms with Crippen LogP contribution in [0.25, 0.3) is 98.8 Å². The van der Waals surface area contributed by atoms with Crippen LogP contribution in [0.4, 0.5) is 0 Å². The molecule has 0 aliphatic carbocycles.